The molecule has 0 aliphatic carbocycles. The maximum atomic E-state index is 4.81. The number of amidine groups is 1. The summed E-state index contributed by atoms with van der Waals surface area (Å²) >= 11 is 1.79. The minimum Gasteiger partial charge on any atom is -0.281 e. The highest BCUT2D eigenvalue weighted by atomic mass is 32.2. The van der Waals surface area contributed by atoms with Gasteiger partial charge in [0.25, 0.3) is 0 Å². The SMILES string of the molecule is CCCCCN=C1SC(C)NN1Cc1ccc(-c2ccccc2-c2nnn[nH]2)cc1. The van der Waals surface area contributed by atoms with Gasteiger partial charge in [-0.2, -0.15) is 0 Å². The Morgan fingerprint density at radius 2 is 1.87 bits per heavy atom. The zero-order valence-corrected chi connectivity index (χ0v) is 18.2. The topological polar surface area (TPSA) is 82.1 Å². The lowest BCUT2D eigenvalue weighted by Gasteiger charge is -2.19. The molecule has 0 bridgehead atoms. The van der Waals surface area contributed by atoms with Crippen LogP contribution >= 0.6 is 11.8 Å². The minimum atomic E-state index is 0.344. The molecule has 1 atom stereocenters. The number of tetrazole rings is 1. The number of rotatable bonds is 8. The fourth-order valence-corrected chi connectivity index (χ4v) is 4.39. The number of aliphatic imine (C=N–C) groups is 1. The van der Waals surface area contributed by atoms with Crippen molar-refractivity contribution in [1.82, 2.24) is 31.1 Å². The summed E-state index contributed by atoms with van der Waals surface area (Å²) in [6.45, 7) is 6.08. The van der Waals surface area contributed by atoms with E-state index in [1.54, 1.807) is 11.8 Å². The highest BCUT2D eigenvalue weighted by Crippen LogP contribution is 2.30. The third-order valence-corrected chi connectivity index (χ3v) is 6.01. The molecular weight excluding hydrogens is 394 g/mol. The first-order chi connectivity index (χ1) is 14.7. The van der Waals surface area contributed by atoms with Gasteiger partial charge in [-0.15, -0.1) is 5.10 Å². The number of hydrazine groups is 1. The largest absolute Gasteiger partial charge is 0.281 e. The minimum absolute atomic E-state index is 0.344. The number of aromatic nitrogens is 4. The molecule has 3 aromatic rings. The van der Waals surface area contributed by atoms with E-state index in [0.29, 0.717) is 11.2 Å². The van der Waals surface area contributed by atoms with Crippen molar-refractivity contribution in [3.8, 4) is 22.5 Å². The molecule has 1 saturated heterocycles. The van der Waals surface area contributed by atoms with E-state index in [1.165, 1.54) is 18.4 Å². The first kappa shape index (κ1) is 20.6. The second-order valence-electron chi connectivity index (χ2n) is 7.34. The van der Waals surface area contributed by atoms with Gasteiger partial charge in [0.1, 0.15) is 0 Å². The smallest absolute Gasteiger partial charge is 0.180 e. The van der Waals surface area contributed by atoms with Crippen LogP contribution in [0.4, 0.5) is 0 Å². The Bertz CT molecular complexity index is 969. The third kappa shape index (κ3) is 4.88. The first-order valence-electron chi connectivity index (χ1n) is 10.4. The molecule has 4 rings (SSSR count). The van der Waals surface area contributed by atoms with Crippen molar-refractivity contribution in [2.24, 2.45) is 4.99 Å². The molecule has 1 fully saturated rings. The number of unbranched alkanes of at least 4 members (excludes halogenated alkanes) is 2. The van der Waals surface area contributed by atoms with Gasteiger partial charge in [0.2, 0.25) is 0 Å². The van der Waals surface area contributed by atoms with Crippen LogP contribution in [0.2, 0.25) is 0 Å². The van der Waals surface area contributed by atoms with Crippen molar-refractivity contribution in [1.29, 1.82) is 0 Å². The molecule has 0 saturated carbocycles. The molecule has 1 aliphatic heterocycles. The molecule has 2 aromatic carbocycles. The van der Waals surface area contributed by atoms with E-state index in [9.17, 15) is 0 Å². The number of hydrogen-bond acceptors (Lipinski definition) is 6. The molecule has 1 aromatic heterocycles. The highest BCUT2D eigenvalue weighted by molar-refractivity contribution is 8.14. The third-order valence-electron chi connectivity index (χ3n) is 4.99. The predicted molar refractivity (Wildman–Crippen MR) is 123 cm³/mol. The number of hydrogen-bond donors (Lipinski definition) is 2. The Labute approximate surface area is 181 Å². The van der Waals surface area contributed by atoms with E-state index in [1.807, 2.05) is 18.2 Å². The molecule has 1 unspecified atom stereocenters. The van der Waals surface area contributed by atoms with Gasteiger partial charge in [-0.25, -0.2) is 10.5 Å². The van der Waals surface area contributed by atoms with Crippen LogP contribution in [0.5, 0.6) is 0 Å². The summed E-state index contributed by atoms with van der Waals surface area (Å²) in [7, 11) is 0. The van der Waals surface area contributed by atoms with Gasteiger partial charge in [-0.05, 0) is 40.5 Å². The number of nitrogens with one attached hydrogen (secondary N) is 2. The summed E-state index contributed by atoms with van der Waals surface area (Å²) in [6, 6.07) is 16.8. The van der Waals surface area contributed by atoms with Gasteiger partial charge >= 0.3 is 0 Å². The van der Waals surface area contributed by atoms with Gasteiger partial charge in [-0.1, -0.05) is 80.1 Å². The molecule has 0 amide bonds. The van der Waals surface area contributed by atoms with Crippen molar-refractivity contribution in [3.05, 3.63) is 54.1 Å². The van der Waals surface area contributed by atoms with Crippen molar-refractivity contribution in [3.63, 3.8) is 0 Å². The Morgan fingerprint density at radius 1 is 1.07 bits per heavy atom. The summed E-state index contributed by atoms with van der Waals surface area (Å²) in [5, 5.41) is 17.9. The monoisotopic (exact) mass is 421 g/mol. The van der Waals surface area contributed by atoms with E-state index >= 15 is 0 Å². The van der Waals surface area contributed by atoms with Crippen LogP contribution in [-0.4, -0.2) is 42.7 Å². The Morgan fingerprint density at radius 3 is 2.60 bits per heavy atom. The quantitative estimate of drug-likeness (QED) is 0.522. The second kappa shape index (κ2) is 9.86. The molecule has 2 N–H and O–H groups in total. The normalized spacial score (nSPS) is 17.7. The standard InChI is InChI=1S/C22H27N7S/c1-3-4-7-14-23-22-29(26-16(2)30-22)15-17-10-12-18(13-11-17)19-8-5-6-9-20(19)21-24-27-28-25-21/h5-6,8-13,16,26H,3-4,7,14-15H2,1-2H3,(H,24,25,27,28). The van der Waals surface area contributed by atoms with E-state index in [2.05, 4.69) is 75.2 Å². The lowest BCUT2D eigenvalue weighted by Crippen LogP contribution is -2.36. The molecule has 0 spiro atoms. The zero-order valence-electron chi connectivity index (χ0n) is 17.4. The van der Waals surface area contributed by atoms with Crippen molar-refractivity contribution < 1.29 is 0 Å². The first-order valence-corrected chi connectivity index (χ1v) is 11.3. The predicted octanol–water partition coefficient (Wildman–Crippen LogP) is 4.48. The lowest BCUT2D eigenvalue weighted by atomic mass is 9.98. The average Bonchev–Trinajstić information content (AvgIpc) is 3.42. The molecule has 2 heterocycles. The van der Waals surface area contributed by atoms with Crippen LogP contribution in [0.15, 0.2) is 53.5 Å². The fourth-order valence-electron chi connectivity index (χ4n) is 3.48. The van der Waals surface area contributed by atoms with Gasteiger partial charge in [0.05, 0.1) is 11.9 Å². The van der Waals surface area contributed by atoms with Gasteiger partial charge in [0, 0.05) is 12.1 Å². The molecule has 30 heavy (non-hydrogen) atoms. The fraction of sp³-hybridized carbons (Fsp3) is 0.364. The van der Waals surface area contributed by atoms with Crippen LogP contribution in [-0.2, 0) is 6.54 Å². The maximum absolute atomic E-state index is 4.81. The molecule has 1 aliphatic rings. The number of H-pyrrole nitrogens is 1. The summed E-state index contributed by atoms with van der Waals surface area (Å²) in [5.41, 5.74) is 7.97. The second-order valence-corrected chi connectivity index (χ2v) is 8.65. The van der Waals surface area contributed by atoms with E-state index in [0.717, 1.165) is 41.4 Å². The Balaban J connectivity index is 1.48. The van der Waals surface area contributed by atoms with E-state index in [-0.39, 0.29) is 0 Å². The Kier molecular flexibility index (Phi) is 6.76. The van der Waals surface area contributed by atoms with Crippen molar-refractivity contribution in [2.75, 3.05) is 6.54 Å². The van der Waals surface area contributed by atoms with Gasteiger partial charge in [-0.3, -0.25) is 10.0 Å². The average molecular weight is 422 g/mol. The highest BCUT2D eigenvalue weighted by Gasteiger charge is 2.25. The summed E-state index contributed by atoms with van der Waals surface area (Å²) in [4.78, 5) is 4.81. The van der Waals surface area contributed by atoms with Crippen molar-refractivity contribution in [2.45, 2.75) is 45.0 Å². The molecule has 156 valence electrons. The van der Waals surface area contributed by atoms with Crippen LogP contribution < -0.4 is 5.43 Å². The molecule has 7 nitrogen and oxygen atoms in total. The van der Waals surface area contributed by atoms with Crippen molar-refractivity contribution >= 4 is 16.9 Å². The molecule has 8 heteroatoms. The summed E-state index contributed by atoms with van der Waals surface area (Å²) in [6.07, 6.45) is 3.61. The number of thioether (sulfide) groups is 1. The van der Waals surface area contributed by atoms with Crippen LogP contribution in [0.25, 0.3) is 22.5 Å². The van der Waals surface area contributed by atoms with Crippen LogP contribution in [0.3, 0.4) is 0 Å². The van der Waals surface area contributed by atoms with E-state index < -0.39 is 0 Å². The maximum Gasteiger partial charge on any atom is 0.180 e. The molecule has 0 radical (unpaired) electrons. The summed E-state index contributed by atoms with van der Waals surface area (Å²) in [5.74, 6) is 0.672. The lowest BCUT2D eigenvalue weighted by molar-refractivity contribution is 0.314. The number of benzene rings is 2. The summed E-state index contributed by atoms with van der Waals surface area (Å²) < 4.78 is 0. The Hall–Kier alpha value is -2.71. The van der Waals surface area contributed by atoms with E-state index in [4.69, 9.17) is 4.99 Å². The van der Waals surface area contributed by atoms with Crippen LogP contribution in [0, 0.1) is 0 Å². The van der Waals surface area contributed by atoms with Crippen LogP contribution in [0.1, 0.15) is 38.7 Å². The van der Waals surface area contributed by atoms with Gasteiger partial charge < -0.3 is 0 Å². The number of aromatic amines is 1. The number of nitrogens with zero attached hydrogens (tertiary/aromatic N) is 5. The molecular formula is C22H27N7S. The zero-order chi connectivity index (χ0) is 20.8. The van der Waals surface area contributed by atoms with Gasteiger partial charge in [0.15, 0.2) is 11.0 Å².